The molecule has 0 spiro atoms. The number of fused-ring (bicyclic) bond motifs is 1. The van der Waals surface area contributed by atoms with E-state index in [9.17, 15) is 14.9 Å². The van der Waals surface area contributed by atoms with E-state index in [0.717, 1.165) is 0 Å². The van der Waals surface area contributed by atoms with E-state index in [4.69, 9.17) is 9.84 Å². The second kappa shape index (κ2) is 4.04. The van der Waals surface area contributed by atoms with Crippen molar-refractivity contribution in [2.24, 2.45) is 0 Å². The molecular weight excluding hydrogens is 232 g/mol. The van der Waals surface area contributed by atoms with E-state index in [1.54, 1.807) is 0 Å². The summed E-state index contributed by atoms with van der Waals surface area (Å²) in [6, 6.07) is 2.45. The van der Waals surface area contributed by atoms with Gasteiger partial charge < -0.3 is 9.84 Å². The van der Waals surface area contributed by atoms with Crippen molar-refractivity contribution in [3.63, 3.8) is 0 Å². The lowest BCUT2D eigenvalue weighted by molar-refractivity contribution is -0.385. The van der Waals surface area contributed by atoms with Crippen molar-refractivity contribution in [1.29, 1.82) is 0 Å². The molecule has 2 aromatic rings. The van der Waals surface area contributed by atoms with Crippen LogP contribution in [-0.4, -0.2) is 38.0 Å². The Morgan fingerprint density at radius 1 is 1.59 bits per heavy atom. The first-order valence-corrected chi connectivity index (χ1v) is 4.41. The van der Waals surface area contributed by atoms with Gasteiger partial charge in [0.2, 0.25) is 0 Å². The van der Waals surface area contributed by atoms with E-state index < -0.39 is 17.5 Å². The molecule has 2 rings (SSSR count). The van der Waals surface area contributed by atoms with Crippen molar-refractivity contribution >= 4 is 22.7 Å². The minimum absolute atomic E-state index is 0.154. The maximum atomic E-state index is 10.8. The zero-order chi connectivity index (χ0) is 12.4. The number of carboxylic acid groups (broad SMARTS) is 1. The monoisotopic (exact) mass is 238 g/mol. The van der Waals surface area contributed by atoms with Crippen LogP contribution in [0.15, 0.2) is 12.1 Å². The van der Waals surface area contributed by atoms with Crippen LogP contribution in [0.25, 0.3) is 11.0 Å². The second-order valence-electron chi connectivity index (χ2n) is 3.09. The Balaban J connectivity index is 2.45. The molecule has 17 heavy (non-hydrogen) atoms. The summed E-state index contributed by atoms with van der Waals surface area (Å²) in [7, 11) is 0. The van der Waals surface area contributed by atoms with Gasteiger partial charge in [-0.15, -0.1) is 5.10 Å². The van der Waals surface area contributed by atoms with Crippen molar-refractivity contribution in [3.05, 3.63) is 22.2 Å². The van der Waals surface area contributed by atoms with Gasteiger partial charge in [0.25, 0.3) is 0 Å². The highest BCUT2D eigenvalue weighted by Crippen LogP contribution is 2.30. The number of aromatic amines is 1. The smallest absolute Gasteiger partial charge is 0.341 e. The molecule has 0 saturated heterocycles. The van der Waals surface area contributed by atoms with Gasteiger partial charge >= 0.3 is 11.7 Å². The van der Waals surface area contributed by atoms with Crippen LogP contribution in [0.1, 0.15) is 0 Å². The number of hydrogen-bond donors (Lipinski definition) is 2. The van der Waals surface area contributed by atoms with Gasteiger partial charge in [-0.05, 0) is 0 Å². The fourth-order valence-corrected chi connectivity index (χ4v) is 1.26. The van der Waals surface area contributed by atoms with E-state index >= 15 is 0 Å². The normalized spacial score (nSPS) is 10.4. The van der Waals surface area contributed by atoms with Gasteiger partial charge in [0.15, 0.2) is 12.4 Å². The fourth-order valence-electron chi connectivity index (χ4n) is 1.26. The Kier molecular flexibility index (Phi) is 2.57. The van der Waals surface area contributed by atoms with Crippen LogP contribution < -0.4 is 4.74 Å². The average molecular weight is 238 g/mol. The van der Waals surface area contributed by atoms with Crippen LogP contribution in [0.2, 0.25) is 0 Å². The number of ether oxygens (including phenoxy) is 1. The number of benzene rings is 1. The summed E-state index contributed by atoms with van der Waals surface area (Å²) in [4.78, 5) is 20.4. The molecule has 0 atom stereocenters. The first-order chi connectivity index (χ1) is 8.08. The summed E-state index contributed by atoms with van der Waals surface area (Å²) in [5.41, 5.74) is 0.389. The van der Waals surface area contributed by atoms with E-state index in [0.29, 0.717) is 11.0 Å². The van der Waals surface area contributed by atoms with E-state index in [2.05, 4.69) is 15.4 Å². The van der Waals surface area contributed by atoms with E-state index in [-0.39, 0.29) is 11.4 Å². The molecule has 0 amide bonds. The summed E-state index contributed by atoms with van der Waals surface area (Å²) in [5.74, 6) is -1.38. The number of aliphatic carboxylic acids is 1. The predicted molar refractivity (Wildman–Crippen MR) is 53.7 cm³/mol. The van der Waals surface area contributed by atoms with Crippen molar-refractivity contribution in [1.82, 2.24) is 15.4 Å². The minimum Gasteiger partial charge on any atom is -0.479 e. The topological polar surface area (TPSA) is 131 Å². The highest BCUT2D eigenvalue weighted by atomic mass is 16.6. The number of nitro benzene ring substituents is 1. The van der Waals surface area contributed by atoms with Gasteiger partial charge in [0, 0.05) is 12.1 Å². The third-order valence-corrected chi connectivity index (χ3v) is 1.95. The number of carboxylic acids is 1. The summed E-state index contributed by atoms with van der Waals surface area (Å²) in [5, 5.41) is 28.8. The summed E-state index contributed by atoms with van der Waals surface area (Å²) in [6.07, 6.45) is 0. The lowest BCUT2D eigenvalue weighted by Crippen LogP contribution is -2.10. The molecule has 2 N–H and O–H groups in total. The van der Waals surface area contributed by atoms with Crippen LogP contribution in [0, 0.1) is 10.1 Å². The summed E-state index contributed by atoms with van der Waals surface area (Å²) >= 11 is 0. The van der Waals surface area contributed by atoms with E-state index in [1.165, 1.54) is 12.1 Å². The van der Waals surface area contributed by atoms with Gasteiger partial charge in [0.1, 0.15) is 5.52 Å². The van der Waals surface area contributed by atoms with Crippen molar-refractivity contribution in [2.45, 2.75) is 0 Å². The number of nitro groups is 1. The average Bonchev–Trinajstić information content (AvgIpc) is 2.71. The molecule has 0 aliphatic heterocycles. The number of H-pyrrole nitrogens is 1. The molecule has 0 aliphatic carbocycles. The lowest BCUT2D eigenvalue weighted by atomic mass is 10.2. The van der Waals surface area contributed by atoms with Gasteiger partial charge in [-0.2, -0.15) is 0 Å². The maximum Gasteiger partial charge on any atom is 0.341 e. The molecule has 0 bridgehead atoms. The predicted octanol–water partition coefficient (Wildman–Crippen LogP) is 0.329. The maximum absolute atomic E-state index is 10.8. The second-order valence-corrected chi connectivity index (χ2v) is 3.09. The highest BCUT2D eigenvalue weighted by molar-refractivity contribution is 5.80. The standard InChI is InChI=1S/C8H6N4O5/c13-8(14)3-17-7-2-5-4(9-11-10-5)1-6(7)12(15)16/h1-2H,3H2,(H,13,14)(H,9,10,11). The number of nitrogens with one attached hydrogen (secondary N) is 1. The molecule has 1 aromatic carbocycles. The van der Waals surface area contributed by atoms with Gasteiger partial charge in [-0.1, -0.05) is 5.21 Å². The SMILES string of the molecule is O=C(O)COc1cc2nn[nH]c2cc1[N+](=O)[O-]. The molecule has 1 aromatic heterocycles. The minimum atomic E-state index is -1.22. The van der Waals surface area contributed by atoms with Crippen molar-refractivity contribution < 1.29 is 19.6 Å². The first-order valence-electron chi connectivity index (χ1n) is 4.41. The lowest BCUT2D eigenvalue weighted by Gasteiger charge is -2.03. The number of nitrogens with zero attached hydrogens (tertiary/aromatic N) is 3. The van der Waals surface area contributed by atoms with Crippen molar-refractivity contribution in [2.75, 3.05) is 6.61 Å². The number of aromatic nitrogens is 3. The fraction of sp³-hybridized carbons (Fsp3) is 0.125. The van der Waals surface area contributed by atoms with Gasteiger partial charge in [-0.3, -0.25) is 15.2 Å². The Labute approximate surface area is 93.2 Å². The summed E-state index contributed by atoms with van der Waals surface area (Å²) in [6.45, 7) is -0.663. The van der Waals surface area contributed by atoms with Gasteiger partial charge in [-0.25, -0.2) is 4.79 Å². The van der Waals surface area contributed by atoms with Crippen LogP contribution in [0.5, 0.6) is 5.75 Å². The molecule has 0 saturated carbocycles. The zero-order valence-corrected chi connectivity index (χ0v) is 8.28. The van der Waals surface area contributed by atoms with Crippen LogP contribution >= 0.6 is 0 Å². The zero-order valence-electron chi connectivity index (χ0n) is 8.28. The molecule has 9 nitrogen and oxygen atoms in total. The van der Waals surface area contributed by atoms with E-state index in [1.807, 2.05) is 0 Å². The third kappa shape index (κ3) is 2.12. The third-order valence-electron chi connectivity index (χ3n) is 1.95. The van der Waals surface area contributed by atoms with Crippen molar-refractivity contribution in [3.8, 4) is 5.75 Å². The van der Waals surface area contributed by atoms with Crippen LogP contribution in [0.3, 0.4) is 0 Å². The molecule has 0 unspecified atom stereocenters. The molecule has 1 heterocycles. The first kappa shape index (κ1) is 10.8. The summed E-state index contributed by atoms with van der Waals surface area (Å²) < 4.78 is 4.81. The number of carbonyl (C=O) groups is 1. The number of hydrogen-bond acceptors (Lipinski definition) is 6. The molecule has 88 valence electrons. The Morgan fingerprint density at radius 3 is 3.00 bits per heavy atom. The highest BCUT2D eigenvalue weighted by Gasteiger charge is 2.18. The molecular formula is C8H6N4O5. The van der Waals surface area contributed by atoms with Gasteiger partial charge in [0.05, 0.1) is 10.4 Å². The largest absolute Gasteiger partial charge is 0.479 e. The van der Waals surface area contributed by atoms with Crippen LogP contribution in [-0.2, 0) is 4.79 Å². The molecule has 9 heteroatoms. The quantitative estimate of drug-likeness (QED) is 0.579. The Morgan fingerprint density at radius 2 is 2.35 bits per heavy atom. The Bertz CT molecular complexity index is 593. The number of rotatable bonds is 4. The van der Waals surface area contributed by atoms with Crippen LogP contribution in [0.4, 0.5) is 5.69 Å². The molecule has 0 aliphatic rings. The molecule has 0 fully saturated rings. The Hall–Kier alpha value is -2.71. The molecule has 0 radical (unpaired) electrons.